The van der Waals surface area contributed by atoms with Crippen molar-refractivity contribution in [2.45, 2.75) is 13.8 Å². The molecule has 0 spiro atoms. The molecule has 0 unspecified atom stereocenters. The molecule has 3 aromatic rings. The van der Waals surface area contributed by atoms with Crippen molar-refractivity contribution in [3.8, 4) is 0 Å². The molecule has 122 valence electrons. The summed E-state index contributed by atoms with van der Waals surface area (Å²) >= 11 is 0. The second-order valence-corrected chi connectivity index (χ2v) is 4.98. The third-order valence-electron chi connectivity index (χ3n) is 2.98. The van der Waals surface area contributed by atoms with Crippen LogP contribution in [-0.2, 0) is 0 Å². The summed E-state index contributed by atoms with van der Waals surface area (Å²) < 4.78 is 0. The number of rotatable bonds is 2. The van der Waals surface area contributed by atoms with E-state index in [2.05, 4.69) is 36.4 Å². The van der Waals surface area contributed by atoms with Gasteiger partial charge in [0.2, 0.25) is 0 Å². The molecule has 24 heavy (non-hydrogen) atoms. The Morgan fingerprint density at radius 2 is 0.667 bits per heavy atom. The second-order valence-electron chi connectivity index (χ2n) is 4.98. The zero-order valence-corrected chi connectivity index (χ0v) is 14.5. The van der Waals surface area contributed by atoms with Gasteiger partial charge in [-0.3, -0.25) is 0 Å². The highest BCUT2D eigenvalue weighted by atomic mass is 13.8. The first-order chi connectivity index (χ1) is 11.9. The summed E-state index contributed by atoms with van der Waals surface area (Å²) in [5.41, 5.74) is 2.53. The van der Waals surface area contributed by atoms with Gasteiger partial charge in [0.1, 0.15) is 0 Å². The van der Waals surface area contributed by atoms with Crippen LogP contribution in [0, 0.1) is 0 Å². The predicted octanol–water partition coefficient (Wildman–Crippen LogP) is 7.13. The quantitative estimate of drug-likeness (QED) is 0.472. The highest BCUT2D eigenvalue weighted by Crippen LogP contribution is 2.00. The van der Waals surface area contributed by atoms with E-state index in [4.69, 9.17) is 0 Å². The maximum absolute atomic E-state index is 2.08. The van der Waals surface area contributed by atoms with Gasteiger partial charge in [-0.25, -0.2) is 0 Å². The van der Waals surface area contributed by atoms with Crippen LogP contribution in [0.25, 0.3) is 12.2 Å². The van der Waals surface area contributed by atoms with E-state index in [0.717, 1.165) is 0 Å². The average Bonchev–Trinajstić information content (AvgIpc) is 2.67. The molecule has 0 aromatic heterocycles. The normalized spacial score (nSPS) is 9.75. The van der Waals surface area contributed by atoms with E-state index in [-0.39, 0.29) is 0 Å². The molecule has 0 heteroatoms. The van der Waals surface area contributed by atoms with Crippen LogP contribution >= 0.6 is 0 Å². The lowest BCUT2D eigenvalue weighted by Crippen LogP contribution is -1.65. The zero-order valence-electron chi connectivity index (χ0n) is 14.5. The predicted molar refractivity (Wildman–Crippen MR) is 109 cm³/mol. The molecule has 0 nitrogen and oxygen atoms in total. The smallest absolute Gasteiger partial charge is 0.0260 e. The molecule has 0 N–H and O–H groups in total. The van der Waals surface area contributed by atoms with Crippen molar-refractivity contribution in [3.05, 3.63) is 120 Å². The molecule has 0 aliphatic carbocycles. The number of allylic oxidation sites excluding steroid dienone is 2. The van der Waals surface area contributed by atoms with E-state index in [1.807, 2.05) is 98.8 Å². The van der Waals surface area contributed by atoms with Gasteiger partial charge in [-0.05, 0) is 25.0 Å². The largest absolute Gasteiger partial charge is 0.0871 e. The molecule has 3 aromatic carbocycles. The Morgan fingerprint density at radius 1 is 0.417 bits per heavy atom. The first-order valence-electron chi connectivity index (χ1n) is 8.22. The van der Waals surface area contributed by atoms with Gasteiger partial charge in [-0.15, -0.1) is 0 Å². The van der Waals surface area contributed by atoms with E-state index in [1.165, 1.54) is 11.1 Å². The monoisotopic (exact) mass is 314 g/mol. The standard InChI is InChI=1S/2C9H10.C6H6/c2*1-2-6-9-7-4-3-5-8-9;1-2-4-6-5-3-1/h2*2-8H,1H3;1-6H. The molecule has 0 atom stereocenters. The Kier molecular flexibility index (Phi) is 11.0. The van der Waals surface area contributed by atoms with Crippen LogP contribution in [0.4, 0.5) is 0 Å². The Labute approximate surface area is 146 Å². The Hall–Kier alpha value is -2.86. The van der Waals surface area contributed by atoms with Gasteiger partial charge in [-0.1, -0.05) is 121 Å². The summed E-state index contributed by atoms with van der Waals surface area (Å²) in [5, 5.41) is 0. The van der Waals surface area contributed by atoms with Crippen molar-refractivity contribution in [3.63, 3.8) is 0 Å². The summed E-state index contributed by atoms with van der Waals surface area (Å²) in [7, 11) is 0. The van der Waals surface area contributed by atoms with Crippen LogP contribution < -0.4 is 0 Å². The molecule has 0 saturated carbocycles. The molecule has 3 rings (SSSR count). The van der Waals surface area contributed by atoms with Crippen molar-refractivity contribution in [2.75, 3.05) is 0 Å². The van der Waals surface area contributed by atoms with Crippen molar-refractivity contribution in [1.82, 2.24) is 0 Å². The first kappa shape index (κ1) is 19.2. The molecular formula is C24H26. The van der Waals surface area contributed by atoms with Crippen molar-refractivity contribution in [2.24, 2.45) is 0 Å². The first-order valence-corrected chi connectivity index (χ1v) is 8.22. The zero-order chi connectivity index (χ0) is 17.3. The SMILES string of the molecule is CC=Cc1ccccc1.CC=Cc1ccccc1.c1ccccc1. The Bertz CT molecular complexity index is 591. The summed E-state index contributed by atoms with van der Waals surface area (Å²) in [6.45, 7) is 4.04. The third-order valence-corrected chi connectivity index (χ3v) is 2.98. The lowest BCUT2D eigenvalue weighted by Gasteiger charge is -1.86. The summed E-state index contributed by atoms with van der Waals surface area (Å²) in [5.74, 6) is 0. The molecule has 0 bridgehead atoms. The van der Waals surface area contributed by atoms with Crippen LogP contribution in [-0.4, -0.2) is 0 Å². The number of hydrogen-bond acceptors (Lipinski definition) is 0. The highest BCUT2D eigenvalue weighted by molar-refractivity contribution is 5.48. The molecule has 0 saturated heterocycles. The fourth-order valence-corrected chi connectivity index (χ4v) is 1.90. The summed E-state index contributed by atoms with van der Waals surface area (Å²) in [6.07, 6.45) is 8.24. The molecule has 0 fully saturated rings. The Morgan fingerprint density at radius 3 is 0.917 bits per heavy atom. The minimum absolute atomic E-state index is 1.26. The average molecular weight is 314 g/mol. The van der Waals surface area contributed by atoms with Crippen LogP contribution in [0.2, 0.25) is 0 Å². The van der Waals surface area contributed by atoms with Gasteiger partial charge in [0.15, 0.2) is 0 Å². The minimum Gasteiger partial charge on any atom is -0.0871 e. The van der Waals surface area contributed by atoms with Gasteiger partial charge in [-0.2, -0.15) is 0 Å². The molecular weight excluding hydrogens is 288 g/mol. The number of benzene rings is 3. The molecule has 0 heterocycles. The van der Waals surface area contributed by atoms with Crippen LogP contribution in [0.1, 0.15) is 25.0 Å². The van der Waals surface area contributed by atoms with Crippen LogP contribution in [0.15, 0.2) is 109 Å². The van der Waals surface area contributed by atoms with Gasteiger partial charge < -0.3 is 0 Å². The van der Waals surface area contributed by atoms with E-state index in [1.54, 1.807) is 0 Å². The van der Waals surface area contributed by atoms with Gasteiger partial charge in [0.05, 0.1) is 0 Å². The maximum Gasteiger partial charge on any atom is -0.0260 e. The van der Waals surface area contributed by atoms with Crippen molar-refractivity contribution in [1.29, 1.82) is 0 Å². The number of hydrogen-bond donors (Lipinski definition) is 0. The topological polar surface area (TPSA) is 0 Å². The second kappa shape index (κ2) is 13.8. The molecule has 0 aliphatic heterocycles. The molecule has 0 aliphatic rings. The van der Waals surface area contributed by atoms with Gasteiger partial charge in [0.25, 0.3) is 0 Å². The molecule has 0 radical (unpaired) electrons. The van der Waals surface area contributed by atoms with Crippen LogP contribution in [0.5, 0.6) is 0 Å². The van der Waals surface area contributed by atoms with Gasteiger partial charge in [0, 0.05) is 0 Å². The van der Waals surface area contributed by atoms with Gasteiger partial charge >= 0.3 is 0 Å². The lowest BCUT2D eigenvalue weighted by atomic mass is 10.2. The van der Waals surface area contributed by atoms with E-state index >= 15 is 0 Å². The van der Waals surface area contributed by atoms with Crippen molar-refractivity contribution >= 4 is 12.2 Å². The van der Waals surface area contributed by atoms with E-state index in [0.29, 0.717) is 0 Å². The van der Waals surface area contributed by atoms with E-state index < -0.39 is 0 Å². The highest BCUT2D eigenvalue weighted by Gasteiger charge is 1.78. The molecule has 0 amide bonds. The minimum atomic E-state index is 1.26. The summed E-state index contributed by atoms with van der Waals surface area (Å²) in [4.78, 5) is 0. The Balaban J connectivity index is 0.000000184. The third kappa shape index (κ3) is 9.97. The van der Waals surface area contributed by atoms with Crippen molar-refractivity contribution < 1.29 is 0 Å². The van der Waals surface area contributed by atoms with Crippen LogP contribution in [0.3, 0.4) is 0 Å². The summed E-state index contributed by atoms with van der Waals surface area (Å²) in [6, 6.07) is 32.5. The fraction of sp³-hybridized carbons (Fsp3) is 0.0833. The van der Waals surface area contributed by atoms with E-state index in [9.17, 15) is 0 Å². The lowest BCUT2D eigenvalue weighted by molar-refractivity contribution is 1.64. The fourth-order valence-electron chi connectivity index (χ4n) is 1.90. The maximum atomic E-state index is 2.08.